The highest BCUT2D eigenvalue weighted by Gasteiger charge is 2.21. The predicted molar refractivity (Wildman–Crippen MR) is 111 cm³/mol. The number of nitrogens with one attached hydrogen (secondary N) is 2. The molecule has 6 nitrogen and oxygen atoms in total. The fraction of sp³-hybridized carbons (Fsp3) is 0.765. The van der Waals surface area contributed by atoms with Crippen LogP contribution in [0.5, 0.6) is 0 Å². The molecular weight excluding hydrogens is 415 g/mol. The van der Waals surface area contributed by atoms with E-state index >= 15 is 0 Å². The Bertz CT molecular complexity index is 487. The summed E-state index contributed by atoms with van der Waals surface area (Å²) in [5.74, 6) is 0.868. The fourth-order valence-electron chi connectivity index (χ4n) is 3.13. The SMILES string of the molecule is CCCCN1CCCCC1CNC(=NC)NCc1ccnn1C.I. The number of guanidine groups is 1. The Labute approximate surface area is 163 Å². The van der Waals surface area contributed by atoms with Crippen LogP contribution in [0, 0.1) is 0 Å². The highest BCUT2D eigenvalue weighted by atomic mass is 127. The Balaban J connectivity index is 0.00000288. The molecule has 1 unspecified atom stereocenters. The second kappa shape index (κ2) is 11.7. The van der Waals surface area contributed by atoms with Crippen LogP contribution in [0.25, 0.3) is 0 Å². The van der Waals surface area contributed by atoms with Crippen LogP contribution < -0.4 is 10.6 Å². The van der Waals surface area contributed by atoms with Crippen LogP contribution in [0.3, 0.4) is 0 Å². The molecule has 138 valence electrons. The van der Waals surface area contributed by atoms with E-state index in [2.05, 4.69) is 32.5 Å². The molecule has 7 heteroatoms. The lowest BCUT2D eigenvalue weighted by Gasteiger charge is -2.36. The van der Waals surface area contributed by atoms with Gasteiger partial charge in [-0.3, -0.25) is 14.6 Å². The van der Waals surface area contributed by atoms with Gasteiger partial charge in [-0.2, -0.15) is 5.10 Å². The van der Waals surface area contributed by atoms with Gasteiger partial charge in [0.05, 0.1) is 12.2 Å². The summed E-state index contributed by atoms with van der Waals surface area (Å²) in [7, 11) is 3.79. The molecule has 0 spiro atoms. The molecule has 1 saturated heterocycles. The topological polar surface area (TPSA) is 57.5 Å². The van der Waals surface area contributed by atoms with E-state index < -0.39 is 0 Å². The summed E-state index contributed by atoms with van der Waals surface area (Å²) < 4.78 is 1.88. The molecule has 1 fully saturated rings. The monoisotopic (exact) mass is 448 g/mol. The number of aliphatic imine (C=N–C) groups is 1. The number of hydrogen-bond donors (Lipinski definition) is 2. The molecule has 0 amide bonds. The average Bonchev–Trinajstić information content (AvgIpc) is 2.99. The van der Waals surface area contributed by atoms with Gasteiger partial charge in [-0.25, -0.2) is 0 Å². The van der Waals surface area contributed by atoms with Gasteiger partial charge < -0.3 is 10.6 Å². The lowest BCUT2D eigenvalue weighted by atomic mass is 10.0. The first-order valence-corrected chi connectivity index (χ1v) is 8.90. The van der Waals surface area contributed by atoms with Crippen LogP contribution in [0.15, 0.2) is 17.3 Å². The quantitative estimate of drug-likeness (QED) is 0.382. The van der Waals surface area contributed by atoms with Crippen molar-refractivity contribution in [2.24, 2.45) is 12.0 Å². The third kappa shape index (κ3) is 6.58. The molecule has 1 aromatic rings. The van der Waals surface area contributed by atoms with Crippen molar-refractivity contribution in [1.82, 2.24) is 25.3 Å². The summed E-state index contributed by atoms with van der Waals surface area (Å²) in [5.41, 5.74) is 1.15. The molecule has 2 rings (SSSR count). The molecular formula is C17H33IN6. The standard InChI is InChI=1S/C17H32N6.HI/c1-4-5-11-23-12-7-6-8-16(23)14-20-17(18-2)19-13-15-9-10-21-22(15)3;/h9-10,16H,4-8,11-14H2,1-3H3,(H2,18,19,20);1H. The summed E-state index contributed by atoms with van der Waals surface area (Å²) >= 11 is 0. The van der Waals surface area contributed by atoms with Crippen molar-refractivity contribution < 1.29 is 0 Å². The third-order valence-electron chi connectivity index (χ3n) is 4.64. The lowest BCUT2D eigenvalue weighted by Crippen LogP contribution is -2.49. The van der Waals surface area contributed by atoms with Crippen molar-refractivity contribution in [1.29, 1.82) is 0 Å². The van der Waals surface area contributed by atoms with Gasteiger partial charge in [0.15, 0.2) is 5.96 Å². The van der Waals surface area contributed by atoms with E-state index in [9.17, 15) is 0 Å². The van der Waals surface area contributed by atoms with Gasteiger partial charge in [0.2, 0.25) is 0 Å². The first-order chi connectivity index (χ1) is 11.2. The molecule has 0 aliphatic carbocycles. The van der Waals surface area contributed by atoms with Crippen molar-refractivity contribution >= 4 is 29.9 Å². The van der Waals surface area contributed by atoms with Crippen LogP contribution >= 0.6 is 24.0 Å². The van der Waals surface area contributed by atoms with Gasteiger partial charge in [0.1, 0.15) is 0 Å². The van der Waals surface area contributed by atoms with Crippen LogP contribution in [-0.4, -0.2) is 53.4 Å². The van der Waals surface area contributed by atoms with Crippen LogP contribution in [0.1, 0.15) is 44.7 Å². The number of aryl methyl sites for hydroxylation is 1. The second-order valence-electron chi connectivity index (χ2n) is 6.29. The number of halogens is 1. The molecule has 0 bridgehead atoms. The van der Waals surface area contributed by atoms with E-state index in [0.29, 0.717) is 6.04 Å². The minimum absolute atomic E-state index is 0. The highest BCUT2D eigenvalue weighted by Crippen LogP contribution is 2.16. The number of likely N-dealkylation sites (tertiary alicyclic amines) is 1. The number of piperidine rings is 1. The summed E-state index contributed by atoms with van der Waals surface area (Å²) in [4.78, 5) is 6.98. The zero-order valence-corrected chi connectivity index (χ0v) is 17.6. The summed E-state index contributed by atoms with van der Waals surface area (Å²) in [5, 5.41) is 11.1. The van der Waals surface area contributed by atoms with E-state index in [-0.39, 0.29) is 24.0 Å². The zero-order valence-electron chi connectivity index (χ0n) is 15.3. The Kier molecular flexibility index (Phi) is 10.3. The first kappa shape index (κ1) is 21.2. The van der Waals surface area contributed by atoms with E-state index in [0.717, 1.165) is 24.7 Å². The van der Waals surface area contributed by atoms with Crippen molar-refractivity contribution in [3.63, 3.8) is 0 Å². The van der Waals surface area contributed by atoms with Crippen molar-refractivity contribution in [2.75, 3.05) is 26.7 Å². The molecule has 0 radical (unpaired) electrons. The van der Waals surface area contributed by atoms with Gasteiger partial charge >= 0.3 is 0 Å². The van der Waals surface area contributed by atoms with Gasteiger partial charge in [-0.05, 0) is 38.4 Å². The predicted octanol–water partition coefficient (Wildman–Crippen LogP) is 2.36. The van der Waals surface area contributed by atoms with E-state index in [1.165, 1.54) is 45.2 Å². The molecule has 2 heterocycles. The molecule has 1 atom stereocenters. The average molecular weight is 448 g/mol. The van der Waals surface area contributed by atoms with Gasteiger partial charge in [0, 0.05) is 32.9 Å². The Hall–Kier alpha value is -0.830. The summed E-state index contributed by atoms with van der Waals surface area (Å²) in [6, 6.07) is 2.65. The van der Waals surface area contributed by atoms with Gasteiger partial charge in [-0.15, -0.1) is 24.0 Å². The summed E-state index contributed by atoms with van der Waals surface area (Å²) in [6.45, 7) is 6.44. The van der Waals surface area contributed by atoms with Gasteiger partial charge in [-0.1, -0.05) is 19.8 Å². The maximum absolute atomic E-state index is 4.33. The smallest absolute Gasteiger partial charge is 0.191 e. The first-order valence-electron chi connectivity index (χ1n) is 8.90. The maximum Gasteiger partial charge on any atom is 0.191 e. The normalized spacial score (nSPS) is 19.0. The fourth-order valence-corrected chi connectivity index (χ4v) is 3.13. The molecule has 2 N–H and O–H groups in total. The van der Waals surface area contributed by atoms with E-state index in [1.807, 2.05) is 31.0 Å². The highest BCUT2D eigenvalue weighted by molar-refractivity contribution is 14.0. The zero-order chi connectivity index (χ0) is 16.5. The van der Waals surface area contributed by atoms with E-state index in [4.69, 9.17) is 0 Å². The molecule has 0 saturated carbocycles. The largest absolute Gasteiger partial charge is 0.355 e. The van der Waals surface area contributed by atoms with Crippen molar-refractivity contribution in [2.45, 2.75) is 51.6 Å². The Morgan fingerprint density at radius 3 is 2.88 bits per heavy atom. The second-order valence-corrected chi connectivity index (χ2v) is 6.29. The molecule has 1 aliphatic rings. The minimum atomic E-state index is 0. The maximum atomic E-state index is 4.33. The summed E-state index contributed by atoms with van der Waals surface area (Å²) in [6.07, 6.45) is 8.36. The number of hydrogen-bond acceptors (Lipinski definition) is 3. The van der Waals surface area contributed by atoms with E-state index in [1.54, 1.807) is 0 Å². The van der Waals surface area contributed by atoms with Gasteiger partial charge in [0.25, 0.3) is 0 Å². The van der Waals surface area contributed by atoms with Crippen molar-refractivity contribution in [3.05, 3.63) is 18.0 Å². The van der Waals surface area contributed by atoms with Crippen molar-refractivity contribution in [3.8, 4) is 0 Å². The molecule has 24 heavy (non-hydrogen) atoms. The number of rotatable bonds is 7. The lowest BCUT2D eigenvalue weighted by molar-refractivity contribution is 0.147. The van der Waals surface area contributed by atoms with Crippen LogP contribution in [0.4, 0.5) is 0 Å². The van der Waals surface area contributed by atoms with Crippen LogP contribution in [0.2, 0.25) is 0 Å². The molecule has 1 aliphatic heterocycles. The number of aromatic nitrogens is 2. The Morgan fingerprint density at radius 2 is 2.21 bits per heavy atom. The molecule has 1 aromatic heterocycles. The van der Waals surface area contributed by atoms with Crippen LogP contribution in [-0.2, 0) is 13.6 Å². The third-order valence-corrected chi connectivity index (χ3v) is 4.64. The number of unbranched alkanes of at least 4 members (excludes halogenated alkanes) is 1. The number of nitrogens with zero attached hydrogens (tertiary/aromatic N) is 4. The Morgan fingerprint density at radius 1 is 1.38 bits per heavy atom. The molecule has 0 aromatic carbocycles. The minimum Gasteiger partial charge on any atom is -0.355 e.